The maximum absolute atomic E-state index is 11.5. The number of benzene rings is 1. The number of nitrogens with zero attached hydrogens (tertiary/aromatic N) is 1. The molecule has 1 fully saturated rings. The highest BCUT2D eigenvalue weighted by Gasteiger charge is 2.36. The largest absolute Gasteiger partial charge is 0.381 e. The summed E-state index contributed by atoms with van der Waals surface area (Å²) in [5.74, 6) is -0.106. The van der Waals surface area contributed by atoms with E-state index in [2.05, 4.69) is 41.5 Å². The third-order valence-electron chi connectivity index (χ3n) is 4.23. The summed E-state index contributed by atoms with van der Waals surface area (Å²) in [6, 6.07) is 10.4. The van der Waals surface area contributed by atoms with E-state index in [9.17, 15) is 4.79 Å². The summed E-state index contributed by atoms with van der Waals surface area (Å²) in [4.78, 5) is 13.8. The van der Waals surface area contributed by atoms with Gasteiger partial charge in [-0.05, 0) is 25.5 Å². The number of rotatable bonds is 6. The molecule has 0 atom stereocenters. The van der Waals surface area contributed by atoms with Gasteiger partial charge in [0.1, 0.15) is 5.88 Å². The van der Waals surface area contributed by atoms with Crippen molar-refractivity contribution in [2.24, 2.45) is 0 Å². The van der Waals surface area contributed by atoms with E-state index in [1.165, 1.54) is 5.56 Å². The highest BCUT2D eigenvalue weighted by molar-refractivity contribution is 6.27. The quantitative estimate of drug-likeness (QED) is 0.817. The van der Waals surface area contributed by atoms with Crippen LogP contribution in [0.5, 0.6) is 0 Å². The second-order valence-corrected chi connectivity index (χ2v) is 5.86. The predicted molar refractivity (Wildman–Crippen MR) is 84.4 cm³/mol. The third-order valence-corrected chi connectivity index (χ3v) is 4.47. The van der Waals surface area contributed by atoms with Crippen LogP contribution in [0.15, 0.2) is 30.3 Å². The van der Waals surface area contributed by atoms with Crippen LogP contribution in [-0.2, 0) is 16.1 Å². The van der Waals surface area contributed by atoms with Crippen molar-refractivity contribution >= 4 is 17.5 Å². The Hall–Kier alpha value is -1.10. The number of halogens is 1. The van der Waals surface area contributed by atoms with E-state index in [1.54, 1.807) is 0 Å². The van der Waals surface area contributed by atoms with Gasteiger partial charge < -0.3 is 10.1 Å². The number of carbonyl (C=O) groups is 1. The highest BCUT2D eigenvalue weighted by Crippen LogP contribution is 2.27. The van der Waals surface area contributed by atoms with Crippen LogP contribution >= 0.6 is 11.6 Å². The topological polar surface area (TPSA) is 41.6 Å². The molecule has 1 amide bonds. The molecule has 0 bridgehead atoms. The summed E-state index contributed by atoms with van der Waals surface area (Å²) in [5, 5.41) is 2.94. The monoisotopic (exact) mass is 310 g/mol. The van der Waals surface area contributed by atoms with Gasteiger partial charge in [-0.15, -0.1) is 11.6 Å². The summed E-state index contributed by atoms with van der Waals surface area (Å²) < 4.78 is 5.49. The van der Waals surface area contributed by atoms with Gasteiger partial charge in [0.05, 0.1) is 0 Å². The summed E-state index contributed by atoms with van der Waals surface area (Å²) in [5.41, 5.74) is 1.21. The maximum Gasteiger partial charge on any atom is 0.234 e. The fourth-order valence-corrected chi connectivity index (χ4v) is 2.87. The molecule has 1 N–H and O–H groups in total. The minimum atomic E-state index is -0.115. The zero-order valence-corrected chi connectivity index (χ0v) is 13.2. The first-order valence-corrected chi connectivity index (χ1v) is 7.85. The van der Waals surface area contributed by atoms with E-state index in [4.69, 9.17) is 16.3 Å². The molecular formula is C16H23ClN2O2. The Kier molecular flexibility index (Phi) is 6.03. The van der Waals surface area contributed by atoms with Crippen molar-refractivity contribution in [3.8, 4) is 0 Å². The molecule has 0 radical (unpaired) electrons. The molecule has 0 saturated carbocycles. The van der Waals surface area contributed by atoms with E-state index in [0.717, 1.165) is 32.6 Å². The van der Waals surface area contributed by atoms with E-state index in [1.807, 2.05) is 6.07 Å². The number of amides is 1. The molecule has 1 saturated heterocycles. The van der Waals surface area contributed by atoms with Crippen molar-refractivity contribution in [3.63, 3.8) is 0 Å². The van der Waals surface area contributed by atoms with Crippen molar-refractivity contribution in [2.75, 3.05) is 32.7 Å². The van der Waals surface area contributed by atoms with Gasteiger partial charge in [-0.2, -0.15) is 0 Å². The minimum Gasteiger partial charge on any atom is -0.381 e. The lowest BCUT2D eigenvalue weighted by Gasteiger charge is -2.44. The zero-order chi connectivity index (χ0) is 15.1. The fraction of sp³-hybridized carbons (Fsp3) is 0.562. The summed E-state index contributed by atoms with van der Waals surface area (Å²) in [7, 11) is 2.12. The molecule has 1 aromatic carbocycles. The van der Waals surface area contributed by atoms with E-state index >= 15 is 0 Å². The molecule has 116 valence electrons. The number of ether oxygens (including phenoxy) is 1. The summed E-state index contributed by atoms with van der Waals surface area (Å²) in [6.07, 6.45) is 1.83. The standard InChI is InChI=1S/C16H23ClN2O2/c1-19(12-14-5-3-2-4-6-14)16(7-9-21-10-8-16)13-18-15(20)11-17/h2-6H,7-13H2,1H3,(H,18,20). The summed E-state index contributed by atoms with van der Waals surface area (Å²) >= 11 is 5.57. The lowest BCUT2D eigenvalue weighted by atomic mass is 9.87. The molecule has 2 rings (SSSR count). The minimum absolute atomic E-state index is 0.00891. The maximum atomic E-state index is 11.5. The van der Waals surface area contributed by atoms with Crippen LogP contribution in [-0.4, -0.2) is 49.0 Å². The van der Waals surface area contributed by atoms with E-state index < -0.39 is 0 Å². The third kappa shape index (κ3) is 4.43. The number of nitrogens with one attached hydrogen (secondary N) is 1. The number of alkyl halides is 1. The molecule has 1 aliphatic heterocycles. The van der Waals surface area contributed by atoms with Crippen LogP contribution in [0.1, 0.15) is 18.4 Å². The van der Waals surface area contributed by atoms with Gasteiger partial charge in [0.25, 0.3) is 0 Å². The van der Waals surface area contributed by atoms with Gasteiger partial charge in [0.15, 0.2) is 0 Å². The first-order valence-electron chi connectivity index (χ1n) is 7.32. The van der Waals surface area contributed by atoms with Crippen LogP contribution in [0, 0.1) is 0 Å². The van der Waals surface area contributed by atoms with Crippen molar-refractivity contribution in [1.29, 1.82) is 0 Å². The van der Waals surface area contributed by atoms with Gasteiger partial charge in [0.2, 0.25) is 5.91 Å². The highest BCUT2D eigenvalue weighted by atomic mass is 35.5. The second-order valence-electron chi connectivity index (χ2n) is 5.59. The summed E-state index contributed by atoms with van der Waals surface area (Å²) in [6.45, 7) is 2.94. The molecule has 5 heteroatoms. The smallest absolute Gasteiger partial charge is 0.234 e. The van der Waals surface area contributed by atoms with Gasteiger partial charge >= 0.3 is 0 Å². The molecule has 0 unspecified atom stereocenters. The Morgan fingerprint density at radius 1 is 1.33 bits per heavy atom. The van der Waals surface area contributed by atoms with Crippen LogP contribution in [0.4, 0.5) is 0 Å². The van der Waals surface area contributed by atoms with Crippen molar-refractivity contribution in [3.05, 3.63) is 35.9 Å². The van der Waals surface area contributed by atoms with Gasteiger partial charge in [0, 0.05) is 31.8 Å². The van der Waals surface area contributed by atoms with E-state index in [-0.39, 0.29) is 17.3 Å². The van der Waals surface area contributed by atoms with Crippen LogP contribution in [0.2, 0.25) is 0 Å². The first kappa shape index (κ1) is 16.3. The Morgan fingerprint density at radius 2 is 2.00 bits per heavy atom. The zero-order valence-electron chi connectivity index (χ0n) is 12.5. The molecule has 0 spiro atoms. The molecule has 4 nitrogen and oxygen atoms in total. The lowest BCUT2D eigenvalue weighted by molar-refractivity contribution is -0.120. The molecule has 1 aliphatic rings. The number of hydrogen-bond donors (Lipinski definition) is 1. The predicted octanol–water partition coefficient (Wildman–Crippen LogP) is 2.02. The Morgan fingerprint density at radius 3 is 2.62 bits per heavy atom. The van der Waals surface area contributed by atoms with Crippen LogP contribution in [0.25, 0.3) is 0 Å². The first-order chi connectivity index (χ1) is 10.2. The molecule has 0 aliphatic carbocycles. The average molecular weight is 311 g/mol. The fourth-order valence-electron chi connectivity index (χ4n) is 2.78. The second kappa shape index (κ2) is 7.78. The van der Waals surface area contributed by atoms with Crippen molar-refractivity contribution in [1.82, 2.24) is 10.2 Å². The lowest BCUT2D eigenvalue weighted by Crippen LogP contribution is -2.56. The van der Waals surface area contributed by atoms with Gasteiger partial charge in [-0.3, -0.25) is 9.69 Å². The molecule has 1 aromatic rings. The number of carbonyl (C=O) groups excluding carboxylic acids is 1. The van der Waals surface area contributed by atoms with Crippen molar-refractivity contribution in [2.45, 2.75) is 24.9 Å². The Bertz CT molecular complexity index is 447. The molecule has 21 heavy (non-hydrogen) atoms. The van der Waals surface area contributed by atoms with Crippen molar-refractivity contribution < 1.29 is 9.53 Å². The molecule has 0 aromatic heterocycles. The molecular weight excluding hydrogens is 288 g/mol. The van der Waals surface area contributed by atoms with Gasteiger partial charge in [-0.1, -0.05) is 30.3 Å². The molecule has 1 heterocycles. The normalized spacial score (nSPS) is 17.7. The average Bonchev–Trinajstić information content (AvgIpc) is 2.54. The Balaban J connectivity index is 2.05. The van der Waals surface area contributed by atoms with E-state index in [0.29, 0.717) is 6.54 Å². The number of likely N-dealkylation sites (N-methyl/N-ethyl adjacent to an activating group) is 1. The van der Waals surface area contributed by atoms with Crippen LogP contribution < -0.4 is 5.32 Å². The van der Waals surface area contributed by atoms with Crippen LogP contribution in [0.3, 0.4) is 0 Å². The van der Waals surface area contributed by atoms with Gasteiger partial charge in [-0.25, -0.2) is 0 Å². The number of hydrogen-bond acceptors (Lipinski definition) is 3. The SMILES string of the molecule is CN(Cc1ccccc1)C1(CNC(=O)CCl)CCOCC1. The Labute approximate surface area is 131 Å².